The minimum Gasteiger partial charge on any atom is -0.308 e. The van der Waals surface area contributed by atoms with Crippen molar-refractivity contribution in [2.75, 3.05) is 5.32 Å². The fraction of sp³-hybridized carbons (Fsp3) is 0.167. The summed E-state index contributed by atoms with van der Waals surface area (Å²) in [5.74, 6) is 0.422. The number of nitrogens with zero attached hydrogens (tertiary/aromatic N) is 3. The van der Waals surface area contributed by atoms with Gasteiger partial charge < -0.3 is 5.32 Å². The van der Waals surface area contributed by atoms with Crippen LogP contribution in [0, 0.1) is 11.3 Å². The van der Waals surface area contributed by atoms with Crippen LogP contribution in [-0.4, -0.2) is 15.3 Å². The van der Waals surface area contributed by atoms with Gasteiger partial charge in [-0.2, -0.15) is 5.26 Å². The Bertz CT molecular complexity index is 1040. The molecule has 0 saturated heterocycles. The lowest BCUT2D eigenvalue weighted by Gasteiger charge is -2.00. The number of imidazole rings is 1. The molecule has 24 heavy (non-hydrogen) atoms. The third-order valence-electron chi connectivity index (χ3n) is 3.68. The number of hydrogen-bond donors (Lipinski definition) is 1. The van der Waals surface area contributed by atoms with Crippen LogP contribution in [0.4, 0.5) is 5.82 Å². The highest BCUT2D eigenvalue weighted by Gasteiger charge is 2.11. The number of carbonyl (C=O) groups excluding carboxylic acids is 1. The molecule has 2 aromatic heterocycles. The number of rotatable bonds is 4. The average Bonchev–Trinajstić information content (AvgIpc) is 3.18. The van der Waals surface area contributed by atoms with Crippen LogP contribution in [0.2, 0.25) is 0 Å². The molecule has 3 aromatic rings. The molecule has 0 aliphatic carbocycles. The van der Waals surface area contributed by atoms with E-state index in [0.717, 1.165) is 15.3 Å². The molecule has 2 heterocycles. The van der Waals surface area contributed by atoms with E-state index in [4.69, 9.17) is 5.26 Å². The lowest BCUT2D eigenvalue weighted by molar-refractivity contribution is -0.116. The summed E-state index contributed by atoms with van der Waals surface area (Å²) in [6.45, 7) is 2.00. The van der Waals surface area contributed by atoms with Gasteiger partial charge in [0.25, 0.3) is 0 Å². The lowest BCUT2D eigenvalue weighted by atomic mass is 10.2. The van der Waals surface area contributed by atoms with E-state index in [1.54, 1.807) is 16.1 Å². The van der Waals surface area contributed by atoms with Crippen LogP contribution in [0.5, 0.6) is 0 Å². The summed E-state index contributed by atoms with van der Waals surface area (Å²) < 4.78 is 1.68. The van der Waals surface area contributed by atoms with Gasteiger partial charge in [0, 0.05) is 11.8 Å². The normalized spacial score (nSPS) is 12.5. The SMILES string of the molecule is C/C=c1/cccc/c1=C/CCC(=O)Nc1ncn2c(C#N)csc12. The maximum Gasteiger partial charge on any atom is 0.225 e. The number of benzene rings is 1. The van der Waals surface area contributed by atoms with Gasteiger partial charge >= 0.3 is 0 Å². The first-order valence-corrected chi connectivity index (χ1v) is 8.47. The summed E-state index contributed by atoms with van der Waals surface area (Å²) in [5, 5.41) is 15.9. The van der Waals surface area contributed by atoms with Gasteiger partial charge in [-0.1, -0.05) is 36.4 Å². The number of nitrogens with one attached hydrogen (secondary N) is 1. The Hall–Kier alpha value is -2.91. The second-order valence-corrected chi connectivity index (χ2v) is 6.07. The van der Waals surface area contributed by atoms with Crippen molar-refractivity contribution in [1.82, 2.24) is 9.38 Å². The van der Waals surface area contributed by atoms with Gasteiger partial charge in [0.2, 0.25) is 5.91 Å². The van der Waals surface area contributed by atoms with Gasteiger partial charge in [-0.3, -0.25) is 9.20 Å². The molecule has 0 fully saturated rings. The number of anilines is 1. The highest BCUT2D eigenvalue weighted by Crippen LogP contribution is 2.23. The van der Waals surface area contributed by atoms with Crippen molar-refractivity contribution < 1.29 is 4.79 Å². The van der Waals surface area contributed by atoms with Crippen molar-refractivity contribution in [3.63, 3.8) is 0 Å². The molecule has 3 rings (SSSR count). The Morgan fingerprint density at radius 1 is 1.42 bits per heavy atom. The molecule has 1 N–H and O–H groups in total. The van der Waals surface area contributed by atoms with Crippen LogP contribution in [0.15, 0.2) is 36.0 Å². The van der Waals surface area contributed by atoms with Gasteiger partial charge in [-0.05, 0) is 23.8 Å². The van der Waals surface area contributed by atoms with Crippen LogP contribution < -0.4 is 15.8 Å². The minimum absolute atomic E-state index is 0.0864. The zero-order valence-corrected chi connectivity index (χ0v) is 14.0. The topological polar surface area (TPSA) is 70.2 Å². The fourth-order valence-electron chi connectivity index (χ4n) is 2.47. The van der Waals surface area contributed by atoms with Gasteiger partial charge in [0.05, 0.1) is 0 Å². The highest BCUT2D eigenvalue weighted by atomic mass is 32.1. The molecule has 120 valence electrons. The molecular weight excluding hydrogens is 320 g/mol. The van der Waals surface area contributed by atoms with Gasteiger partial charge in [-0.25, -0.2) is 4.98 Å². The number of aromatic nitrogens is 2. The molecule has 0 radical (unpaired) electrons. The van der Waals surface area contributed by atoms with E-state index in [1.807, 2.05) is 25.1 Å². The summed E-state index contributed by atoms with van der Waals surface area (Å²) >= 11 is 1.39. The Kier molecular flexibility index (Phi) is 4.73. The number of carbonyl (C=O) groups is 1. The van der Waals surface area contributed by atoms with Crippen LogP contribution in [0.1, 0.15) is 25.5 Å². The molecule has 0 unspecified atom stereocenters. The van der Waals surface area contributed by atoms with E-state index in [-0.39, 0.29) is 5.91 Å². The highest BCUT2D eigenvalue weighted by molar-refractivity contribution is 7.16. The van der Waals surface area contributed by atoms with E-state index in [2.05, 4.69) is 34.6 Å². The molecule has 6 heteroatoms. The summed E-state index contributed by atoms with van der Waals surface area (Å²) in [6.07, 6.45) is 6.71. The second-order valence-electron chi connectivity index (χ2n) is 5.21. The molecule has 0 atom stereocenters. The Balaban J connectivity index is 1.68. The quantitative estimate of drug-likeness (QED) is 0.794. The van der Waals surface area contributed by atoms with E-state index in [1.165, 1.54) is 11.3 Å². The van der Waals surface area contributed by atoms with Crippen LogP contribution in [0.3, 0.4) is 0 Å². The number of nitriles is 1. The smallest absolute Gasteiger partial charge is 0.225 e. The first-order valence-electron chi connectivity index (χ1n) is 7.59. The summed E-state index contributed by atoms with van der Waals surface area (Å²) in [5.41, 5.74) is 0.517. The van der Waals surface area contributed by atoms with E-state index >= 15 is 0 Å². The monoisotopic (exact) mass is 336 g/mol. The molecule has 0 spiro atoms. The van der Waals surface area contributed by atoms with Crippen LogP contribution >= 0.6 is 11.3 Å². The molecule has 0 bridgehead atoms. The summed E-state index contributed by atoms with van der Waals surface area (Å²) in [4.78, 5) is 17.1. The maximum absolute atomic E-state index is 12.1. The standard InChI is InChI=1S/C18H16N4OS/c1-2-13-6-3-4-7-14(13)8-5-9-16(23)21-17-18-22(12-20-17)15(10-19)11-24-18/h2-4,6-8,11-12H,5,9H2,1H3,(H,21,23)/b13-2-,14-8-. The maximum atomic E-state index is 12.1. The zero-order valence-electron chi connectivity index (χ0n) is 13.2. The number of thiazole rings is 1. The number of fused-ring (bicyclic) bond motifs is 1. The van der Waals surface area contributed by atoms with Crippen LogP contribution in [0.25, 0.3) is 17.0 Å². The first-order chi connectivity index (χ1) is 11.7. The van der Waals surface area contributed by atoms with Crippen molar-refractivity contribution in [1.29, 1.82) is 5.26 Å². The third kappa shape index (κ3) is 3.21. The summed E-state index contributed by atoms with van der Waals surface area (Å²) in [7, 11) is 0. The fourth-order valence-corrected chi connectivity index (χ4v) is 3.33. The largest absolute Gasteiger partial charge is 0.308 e. The van der Waals surface area contributed by atoms with Crippen LogP contribution in [-0.2, 0) is 4.79 Å². The van der Waals surface area contributed by atoms with E-state index in [9.17, 15) is 4.79 Å². The summed E-state index contributed by atoms with van der Waals surface area (Å²) in [6, 6.07) is 10.2. The molecule has 5 nitrogen and oxygen atoms in total. The zero-order chi connectivity index (χ0) is 16.9. The molecule has 0 aliphatic heterocycles. The first kappa shape index (κ1) is 16.0. The minimum atomic E-state index is -0.0864. The van der Waals surface area contributed by atoms with E-state index < -0.39 is 0 Å². The van der Waals surface area contributed by atoms with Crippen molar-refractivity contribution in [2.24, 2.45) is 0 Å². The average molecular weight is 336 g/mol. The lowest BCUT2D eigenvalue weighted by Crippen LogP contribution is -2.23. The predicted octanol–water partition coefficient (Wildman–Crippen LogP) is 2.27. The van der Waals surface area contributed by atoms with Crippen molar-refractivity contribution in [2.45, 2.75) is 19.8 Å². The molecule has 1 amide bonds. The van der Waals surface area contributed by atoms with Gasteiger partial charge in [0.1, 0.15) is 22.9 Å². The number of hydrogen-bond acceptors (Lipinski definition) is 4. The Morgan fingerprint density at radius 3 is 2.96 bits per heavy atom. The number of amides is 1. The Morgan fingerprint density at radius 2 is 2.21 bits per heavy atom. The second kappa shape index (κ2) is 7.11. The molecular formula is C18H16N4OS. The van der Waals surface area contributed by atoms with E-state index in [0.29, 0.717) is 24.4 Å². The van der Waals surface area contributed by atoms with Gasteiger partial charge in [0.15, 0.2) is 5.82 Å². The Labute approximate surface area is 143 Å². The van der Waals surface area contributed by atoms with Crippen molar-refractivity contribution >= 4 is 40.0 Å². The van der Waals surface area contributed by atoms with Gasteiger partial charge in [-0.15, -0.1) is 11.3 Å². The molecule has 0 saturated carbocycles. The third-order valence-corrected chi connectivity index (χ3v) is 4.63. The predicted molar refractivity (Wildman–Crippen MR) is 95.9 cm³/mol. The van der Waals surface area contributed by atoms with Crippen molar-refractivity contribution in [3.8, 4) is 6.07 Å². The van der Waals surface area contributed by atoms with Crippen molar-refractivity contribution in [3.05, 3.63) is 52.1 Å². The molecule has 0 aliphatic rings. The molecule has 1 aromatic carbocycles.